The molecule has 0 aliphatic rings. The number of carboxylic acid groups (broad SMARTS) is 1. The Morgan fingerprint density at radius 3 is 2.62 bits per heavy atom. The van der Waals surface area contributed by atoms with Crippen molar-refractivity contribution in [3.63, 3.8) is 0 Å². The fourth-order valence-electron chi connectivity index (χ4n) is 1.19. The number of aromatic nitrogens is 2. The minimum Gasteiger partial charge on any atom is -0.480 e. The van der Waals surface area contributed by atoms with Crippen molar-refractivity contribution < 1.29 is 9.90 Å². The van der Waals surface area contributed by atoms with Gasteiger partial charge in [0, 0.05) is 7.05 Å². The zero-order valence-electron chi connectivity index (χ0n) is 7.96. The molecule has 0 fully saturated rings. The van der Waals surface area contributed by atoms with Gasteiger partial charge in [-0.15, -0.1) is 0 Å². The molecule has 1 rings (SSSR count). The molecule has 5 heteroatoms. The number of hydrogen-bond acceptors (Lipinski definition) is 3. The Morgan fingerprint density at radius 2 is 2.23 bits per heavy atom. The Morgan fingerprint density at radius 1 is 1.62 bits per heavy atom. The fourth-order valence-corrected chi connectivity index (χ4v) is 1.19. The monoisotopic (exact) mass is 183 g/mol. The van der Waals surface area contributed by atoms with E-state index in [0.29, 0.717) is 0 Å². The van der Waals surface area contributed by atoms with Crippen molar-refractivity contribution in [2.75, 3.05) is 11.9 Å². The molecule has 0 unspecified atom stereocenters. The highest BCUT2D eigenvalue weighted by molar-refractivity contribution is 5.73. The van der Waals surface area contributed by atoms with Crippen LogP contribution in [0.2, 0.25) is 0 Å². The van der Waals surface area contributed by atoms with Crippen molar-refractivity contribution in [1.82, 2.24) is 9.78 Å². The van der Waals surface area contributed by atoms with Gasteiger partial charge in [0.25, 0.3) is 0 Å². The van der Waals surface area contributed by atoms with E-state index < -0.39 is 5.97 Å². The summed E-state index contributed by atoms with van der Waals surface area (Å²) in [5.41, 5.74) is 2.57. The van der Waals surface area contributed by atoms with Crippen molar-refractivity contribution in [3.8, 4) is 0 Å². The summed E-state index contributed by atoms with van der Waals surface area (Å²) < 4.78 is 1.72. The molecular formula is C8H13N3O2. The van der Waals surface area contributed by atoms with Crippen LogP contribution < -0.4 is 5.32 Å². The number of aryl methyl sites for hydroxylation is 2. The van der Waals surface area contributed by atoms with Crippen LogP contribution in [-0.2, 0) is 11.8 Å². The minimum absolute atomic E-state index is 0.0760. The predicted molar refractivity (Wildman–Crippen MR) is 48.8 cm³/mol. The molecule has 1 aromatic heterocycles. The molecule has 0 amide bonds. The first-order chi connectivity index (χ1) is 6.02. The molecule has 2 N–H and O–H groups in total. The number of nitrogens with zero attached hydrogens (tertiary/aromatic N) is 2. The fraction of sp³-hybridized carbons (Fsp3) is 0.500. The first-order valence-corrected chi connectivity index (χ1v) is 3.98. The van der Waals surface area contributed by atoms with Crippen LogP contribution in [0.5, 0.6) is 0 Å². The summed E-state index contributed by atoms with van der Waals surface area (Å²) in [7, 11) is 1.83. The van der Waals surface area contributed by atoms with Gasteiger partial charge in [-0.25, -0.2) is 0 Å². The highest BCUT2D eigenvalue weighted by Gasteiger charge is 2.09. The maximum absolute atomic E-state index is 10.3. The molecule has 0 saturated heterocycles. The Balaban J connectivity index is 2.81. The summed E-state index contributed by atoms with van der Waals surface area (Å²) in [4.78, 5) is 10.3. The molecule has 0 aromatic carbocycles. The maximum atomic E-state index is 10.3. The van der Waals surface area contributed by atoms with Gasteiger partial charge < -0.3 is 10.4 Å². The van der Waals surface area contributed by atoms with Crippen LogP contribution in [0.3, 0.4) is 0 Å². The third-order valence-electron chi connectivity index (χ3n) is 1.93. The van der Waals surface area contributed by atoms with Crippen molar-refractivity contribution >= 4 is 11.7 Å². The molecule has 0 radical (unpaired) electrons. The first kappa shape index (κ1) is 9.57. The summed E-state index contributed by atoms with van der Waals surface area (Å²) in [6, 6.07) is 0. The van der Waals surface area contributed by atoms with Crippen LogP contribution >= 0.6 is 0 Å². The van der Waals surface area contributed by atoms with Gasteiger partial charge in [0.1, 0.15) is 6.54 Å². The van der Waals surface area contributed by atoms with Crippen LogP contribution in [0.25, 0.3) is 0 Å². The second-order valence-electron chi connectivity index (χ2n) is 2.92. The van der Waals surface area contributed by atoms with Crippen molar-refractivity contribution in [1.29, 1.82) is 0 Å². The summed E-state index contributed by atoms with van der Waals surface area (Å²) in [6.07, 6.45) is 0. The lowest BCUT2D eigenvalue weighted by Crippen LogP contribution is -2.13. The standard InChI is InChI=1S/C8H13N3O2/c1-5-8(9-4-7(12)13)6(2)11(3)10-5/h9H,4H2,1-3H3,(H,12,13). The maximum Gasteiger partial charge on any atom is 0.322 e. The molecule has 0 aliphatic heterocycles. The molecule has 13 heavy (non-hydrogen) atoms. The third kappa shape index (κ3) is 1.99. The number of aliphatic carboxylic acids is 1. The van der Waals surface area contributed by atoms with E-state index in [2.05, 4.69) is 10.4 Å². The number of anilines is 1. The second-order valence-corrected chi connectivity index (χ2v) is 2.92. The number of carbonyl (C=O) groups is 1. The number of nitrogens with one attached hydrogen (secondary N) is 1. The average molecular weight is 183 g/mol. The molecule has 5 nitrogen and oxygen atoms in total. The number of carboxylic acids is 1. The van der Waals surface area contributed by atoms with Gasteiger partial charge in [-0.1, -0.05) is 0 Å². The molecule has 1 heterocycles. The highest BCUT2D eigenvalue weighted by atomic mass is 16.4. The Bertz CT molecular complexity index is 330. The van der Waals surface area contributed by atoms with Crippen LogP contribution in [0.1, 0.15) is 11.4 Å². The van der Waals surface area contributed by atoms with Crippen molar-refractivity contribution in [2.45, 2.75) is 13.8 Å². The van der Waals surface area contributed by atoms with Crippen molar-refractivity contribution in [2.24, 2.45) is 7.05 Å². The summed E-state index contributed by atoms with van der Waals surface area (Å²) in [5.74, 6) is -0.873. The zero-order chi connectivity index (χ0) is 10.0. The van der Waals surface area contributed by atoms with E-state index in [-0.39, 0.29) is 6.54 Å². The molecule has 0 aliphatic carbocycles. The zero-order valence-corrected chi connectivity index (χ0v) is 7.96. The average Bonchev–Trinajstić information content (AvgIpc) is 2.24. The van der Waals surface area contributed by atoms with Gasteiger partial charge in [-0.2, -0.15) is 5.10 Å². The summed E-state index contributed by atoms with van der Waals surface area (Å²) >= 11 is 0. The van der Waals surface area contributed by atoms with E-state index in [4.69, 9.17) is 5.11 Å². The molecule has 0 atom stereocenters. The van der Waals surface area contributed by atoms with E-state index in [0.717, 1.165) is 17.1 Å². The Labute approximate surface area is 76.4 Å². The smallest absolute Gasteiger partial charge is 0.322 e. The van der Waals surface area contributed by atoms with Crippen LogP contribution in [0, 0.1) is 13.8 Å². The predicted octanol–water partition coefficient (Wildman–Crippen LogP) is 0.533. The van der Waals surface area contributed by atoms with Gasteiger partial charge in [0.15, 0.2) is 0 Å². The number of hydrogen-bond donors (Lipinski definition) is 2. The van der Waals surface area contributed by atoms with Gasteiger partial charge in [0.2, 0.25) is 0 Å². The highest BCUT2D eigenvalue weighted by Crippen LogP contribution is 2.17. The lowest BCUT2D eigenvalue weighted by atomic mass is 10.3. The van der Waals surface area contributed by atoms with E-state index in [9.17, 15) is 4.79 Å². The largest absolute Gasteiger partial charge is 0.480 e. The topological polar surface area (TPSA) is 67.2 Å². The molecular weight excluding hydrogens is 170 g/mol. The van der Waals surface area contributed by atoms with E-state index in [1.165, 1.54) is 0 Å². The van der Waals surface area contributed by atoms with Crippen LogP contribution in [0.4, 0.5) is 5.69 Å². The molecule has 0 saturated carbocycles. The first-order valence-electron chi connectivity index (χ1n) is 3.98. The summed E-state index contributed by atoms with van der Waals surface area (Å²) in [6.45, 7) is 3.66. The number of rotatable bonds is 3. The van der Waals surface area contributed by atoms with E-state index >= 15 is 0 Å². The molecule has 0 spiro atoms. The normalized spacial score (nSPS) is 10.1. The van der Waals surface area contributed by atoms with Gasteiger partial charge in [0.05, 0.1) is 17.1 Å². The third-order valence-corrected chi connectivity index (χ3v) is 1.93. The second kappa shape index (κ2) is 3.47. The van der Waals surface area contributed by atoms with Gasteiger partial charge in [-0.3, -0.25) is 9.48 Å². The molecule has 72 valence electrons. The SMILES string of the molecule is Cc1nn(C)c(C)c1NCC(=O)O. The lowest BCUT2D eigenvalue weighted by molar-refractivity contribution is -0.134. The van der Waals surface area contributed by atoms with E-state index in [1.807, 2.05) is 20.9 Å². The van der Waals surface area contributed by atoms with Crippen molar-refractivity contribution in [3.05, 3.63) is 11.4 Å². The van der Waals surface area contributed by atoms with E-state index in [1.54, 1.807) is 4.68 Å². The summed E-state index contributed by atoms with van der Waals surface area (Å²) in [5, 5.41) is 15.4. The van der Waals surface area contributed by atoms with Crippen LogP contribution in [0.15, 0.2) is 0 Å². The minimum atomic E-state index is -0.873. The van der Waals surface area contributed by atoms with Gasteiger partial charge in [-0.05, 0) is 13.8 Å². The Hall–Kier alpha value is -1.52. The molecule has 1 aromatic rings. The lowest BCUT2D eigenvalue weighted by Gasteiger charge is -2.02. The Kier molecular flexibility index (Phi) is 2.55. The van der Waals surface area contributed by atoms with Gasteiger partial charge >= 0.3 is 5.97 Å². The van der Waals surface area contributed by atoms with Crippen LogP contribution in [-0.4, -0.2) is 27.4 Å². The quantitative estimate of drug-likeness (QED) is 0.717. The molecule has 0 bridgehead atoms.